The summed E-state index contributed by atoms with van der Waals surface area (Å²) in [5.41, 5.74) is 3.38. The third kappa shape index (κ3) is 3.05. The first kappa shape index (κ1) is 13.4. The zero-order chi connectivity index (χ0) is 13.1. The summed E-state index contributed by atoms with van der Waals surface area (Å²) >= 11 is 13.3. The van der Waals surface area contributed by atoms with Crippen LogP contribution in [0.15, 0.2) is 34.3 Å². The summed E-state index contributed by atoms with van der Waals surface area (Å²) in [6, 6.07) is 5.44. The van der Waals surface area contributed by atoms with Crippen molar-refractivity contribution in [2.75, 3.05) is 5.43 Å². The summed E-state index contributed by atoms with van der Waals surface area (Å²) < 4.78 is 0. The van der Waals surface area contributed by atoms with Gasteiger partial charge in [0.1, 0.15) is 5.03 Å². The zero-order valence-electron chi connectivity index (χ0n) is 9.45. The number of nitrogens with one attached hydrogen (secondary N) is 1. The van der Waals surface area contributed by atoms with E-state index in [9.17, 15) is 0 Å². The van der Waals surface area contributed by atoms with Crippen LogP contribution in [0.3, 0.4) is 0 Å². The van der Waals surface area contributed by atoms with Gasteiger partial charge in [-0.3, -0.25) is 5.43 Å². The third-order valence-corrected chi connectivity index (χ3v) is 4.00. The van der Waals surface area contributed by atoms with E-state index >= 15 is 0 Å². The molecular weight excluding hydrogens is 291 g/mol. The minimum absolute atomic E-state index is 0.378. The standard InChI is InChI=1S/C11H10Cl2N4S/c1-6-5-15-11(17-14)16-10(6)18-7-2-3-8(12)9(13)4-7/h2-5H,14H2,1H3,(H,15,16,17). The maximum Gasteiger partial charge on any atom is 0.238 e. The molecule has 0 saturated heterocycles. The number of hydrazine groups is 1. The Labute approximate surface area is 119 Å². The van der Waals surface area contributed by atoms with Gasteiger partial charge in [-0.15, -0.1) is 0 Å². The van der Waals surface area contributed by atoms with Crippen LogP contribution >= 0.6 is 35.0 Å². The first-order valence-electron chi connectivity index (χ1n) is 5.03. The van der Waals surface area contributed by atoms with E-state index in [1.165, 1.54) is 11.8 Å². The number of nitrogens with zero attached hydrogens (tertiary/aromatic N) is 2. The molecule has 1 aromatic carbocycles. The van der Waals surface area contributed by atoms with Crippen LogP contribution in [0.1, 0.15) is 5.56 Å². The van der Waals surface area contributed by atoms with E-state index in [2.05, 4.69) is 15.4 Å². The average Bonchev–Trinajstić information content (AvgIpc) is 2.36. The van der Waals surface area contributed by atoms with Gasteiger partial charge in [-0.05, 0) is 25.1 Å². The van der Waals surface area contributed by atoms with Gasteiger partial charge < -0.3 is 0 Å². The summed E-state index contributed by atoms with van der Waals surface area (Å²) in [5, 5.41) is 1.87. The lowest BCUT2D eigenvalue weighted by Crippen LogP contribution is -2.10. The Hall–Kier alpha value is -1.01. The number of anilines is 1. The third-order valence-electron chi connectivity index (χ3n) is 2.16. The van der Waals surface area contributed by atoms with Crippen LogP contribution in [0.5, 0.6) is 0 Å². The number of hydrogen-bond acceptors (Lipinski definition) is 5. The van der Waals surface area contributed by atoms with E-state index in [4.69, 9.17) is 29.0 Å². The van der Waals surface area contributed by atoms with Crippen molar-refractivity contribution in [1.82, 2.24) is 9.97 Å². The minimum Gasteiger partial charge on any atom is -0.292 e. The molecule has 1 heterocycles. The summed E-state index contributed by atoms with van der Waals surface area (Å²) in [4.78, 5) is 9.25. The van der Waals surface area contributed by atoms with E-state index < -0.39 is 0 Å². The lowest BCUT2D eigenvalue weighted by Gasteiger charge is -2.07. The number of halogens is 2. The highest BCUT2D eigenvalue weighted by molar-refractivity contribution is 7.99. The molecule has 0 aliphatic rings. The maximum absolute atomic E-state index is 5.97. The highest BCUT2D eigenvalue weighted by Gasteiger charge is 2.07. The highest BCUT2D eigenvalue weighted by Crippen LogP contribution is 2.33. The molecule has 0 aliphatic heterocycles. The van der Waals surface area contributed by atoms with E-state index in [1.807, 2.05) is 13.0 Å². The molecule has 0 unspecified atom stereocenters. The number of aryl methyl sites for hydroxylation is 1. The molecule has 94 valence electrons. The number of aromatic nitrogens is 2. The van der Waals surface area contributed by atoms with Gasteiger partial charge in [0, 0.05) is 16.7 Å². The Morgan fingerprint density at radius 2 is 2.06 bits per heavy atom. The Kier molecular flexibility index (Phi) is 4.29. The molecule has 0 amide bonds. The van der Waals surface area contributed by atoms with Crippen molar-refractivity contribution >= 4 is 40.9 Å². The van der Waals surface area contributed by atoms with Crippen LogP contribution in [0, 0.1) is 6.92 Å². The lowest BCUT2D eigenvalue weighted by molar-refractivity contribution is 0.992. The molecule has 3 N–H and O–H groups in total. The van der Waals surface area contributed by atoms with Crippen LogP contribution in [-0.4, -0.2) is 9.97 Å². The van der Waals surface area contributed by atoms with Crippen LogP contribution in [0.25, 0.3) is 0 Å². The monoisotopic (exact) mass is 300 g/mol. The molecule has 2 aromatic rings. The van der Waals surface area contributed by atoms with Crippen molar-refractivity contribution in [1.29, 1.82) is 0 Å². The van der Waals surface area contributed by atoms with Crippen molar-refractivity contribution in [3.8, 4) is 0 Å². The van der Waals surface area contributed by atoms with Gasteiger partial charge in [-0.25, -0.2) is 15.8 Å². The quantitative estimate of drug-likeness (QED) is 0.516. The Morgan fingerprint density at radius 3 is 2.72 bits per heavy atom. The summed E-state index contributed by atoms with van der Waals surface area (Å²) in [6.07, 6.45) is 1.71. The Morgan fingerprint density at radius 1 is 1.28 bits per heavy atom. The predicted octanol–water partition coefficient (Wildman–Crippen LogP) is 3.53. The molecule has 0 fully saturated rings. The second kappa shape index (κ2) is 5.75. The van der Waals surface area contributed by atoms with Gasteiger partial charge in [0.15, 0.2) is 0 Å². The molecule has 0 aliphatic carbocycles. The number of nitrogens with two attached hydrogens (primary N) is 1. The predicted molar refractivity (Wildman–Crippen MR) is 75.2 cm³/mol. The molecular formula is C11H10Cl2N4S. The summed E-state index contributed by atoms with van der Waals surface area (Å²) in [6.45, 7) is 1.93. The number of benzene rings is 1. The van der Waals surface area contributed by atoms with Crippen molar-refractivity contribution < 1.29 is 0 Å². The first-order valence-corrected chi connectivity index (χ1v) is 6.60. The van der Waals surface area contributed by atoms with E-state index in [-0.39, 0.29) is 0 Å². The molecule has 1 aromatic heterocycles. The fraction of sp³-hybridized carbons (Fsp3) is 0.0909. The molecule has 18 heavy (non-hydrogen) atoms. The van der Waals surface area contributed by atoms with Crippen molar-refractivity contribution in [3.05, 3.63) is 40.0 Å². The Bertz CT molecular complexity index is 577. The molecule has 0 atom stereocenters. The highest BCUT2D eigenvalue weighted by atomic mass is 35.5. The van der Waals surface area contributed by atoms with Gasteiger partial charge in [0.05, 0.1) is 10.0 Å². The fourth-order valence-electron chi connectivity index (χ4n) is 1.25. The second-order valence-electron chi connectivity index (χ2n) is 3.50. The fourth-order valence-corrected chi connectivity index (χ4v) is 2.50. The average molecular weight is 301 g/mol. The topological polar surface area (TPSA) is 63.8 Å². The summed E-state index contributed by atoms with van der Waals surface area (Å²) in [7, 11) is 0. The zero-order valence-corrected chi connectivity index (χ0v) is 11.8. The van der Waals surface area contributed by atoms with Crippen LogP contribution < -0.4 is 11.3 Å². The number of nitrogen functional groups attached to an aromatic ring is 1. The lowest BCUT2D eigenvalue weighted by atomic mass is 10.4. The van der Waals surface area contributed by atoms with Gasteiger partial charge >= 0.3 is 0 Å². The maximum atomic E-state index is 5.97. The molecule has 4 nitrogen and oxygen atoms in total. The smallest absolute Gasteiger partial charge is 0.238 e. The largest absolute Gasteiger partial charge is 0.292 e. The number of hydrogen-bond donors (Lipinski definition) is 2. The van der Waals surface area contributed by atoms with Gasteiger partial charge in [-0.2, -0.15) is 0 Å². The van der Waals surface area contributed by atoms with Gasteiger partial charge in [-0.1, -0.05) is 35.0 Å². The molecule has 0 saturated carbocycles. The minimum atomic E-state index is 0.378. The molecule has 2 rings (SSSR count). The van der Waals surface area contributed by atoms with Crippen molar-refractivity contribution in [2.24, 2.45) is 5.84 Å². The molecule has 0 bridgehead atoms. The van der Waals surface area contributed by atoms with Crippen LogP contribution in [0.2, 0.25) is 10.0 Å². The second-order valence-corrected chi connectivity index (χ2v) is 5.38. The van der Waals surface area contributed by atoms with E-state index in [1.54, 1.807) is 18.3 Å². The molecule has 7 heteroatoms. The van der Waals surface area contributed by atoms with E-state index in [0.29, 0.717) is 16.0 Å². The molecule has 0 radical (unpaired) electrons. The van der Waals surface area contributed by atoms with Gasteiger partial charge in [0.2, 0.25) is 5.95 Å². The van der Waals surface area contributed by atoms with Gasteiger partial charge in [0.25, 0.3) is 0 Å². The van der Waals surface area contributed by atoms with Crippen molar-refractivity contribution in [2.45, 2.75) is 16.8 Å². The van der Waals surface area contributed by atoms with E-state index in [0.717, 1.165) is 15.5 Å². The van der Waals surface area contributed by atoms with Crippen LogP contribution in [-0.2, 0) is 0 Å². The Balaban J connectivity index is 2.30. The first-order chi connectivity index (χ1) is 8.60. The summed E-state index contributed by atoms with van der Waals surface area (Å²) in [5.74, 6) is 5.66. The SMILES string of the molecule is Cc1cnc(NN)nc1Sc1ccc(Cl)c(Cl)c1. The molecule has 0 spiro atoms. The van der Waals surface area contributed by atoms with Crippen LogP contribution in [0.4, 0.5) is 5.95 Å². The normalized spacial score (nSPS) is 10.4. The number of rotatable bonds is 3. The van der Waals surface area contributed by atoms with Crippen molar-refractivity contribution in [3.63, 3.8) is 0 Å².